The molecule has 0 saturated heterocycles. The number of ether oxygens (including phenoxy) is 3. The van der Waals surface area contributed by atoms with E-state index in [9.17, 15) is 9.59 Å². The van der Waals surface area contributed by atoms with Gasteiger partial charge in [0.25, 0.3) is 0 Å². The summed E-state index contributed by atoms with van der Waals surface area (Å²) >= 11 is 0. The third-order valence-electron chi connectivity index (χ3n) is 4.09. The molecule has 0 amide bonds. The summed E-state index contributed by atoms with van der Waals surface area (Å²) in [6.45, 7) is 12.7. The quantitative estimate of drug-likeness (QED) is 0.624. The average Bonchev–Trinajstić information content (AvgIpc) is 2.82. The van der Waals surface area contributed by atoms with Crippen molar-refractivity contribution in [1.82, 2.24) is 0 Å². The fourth-order valence-electron chi connectivity index (χ4n) is 2.98. The van der Waals surface area contributed by atoms with Crippen LogP contribution in [0.3, 0.4) is 0 Å². The number of carbonyl (C=O) groups is 2. The van der Waals surface area contributed by atoms with Crippen LogP contribution >= 0.6 is 0 Å². The molecule has 1 aromatic rings. The van der Waals surface area contributed by atoms with Crippen LogP contribution in [0, 0.1) is 20.8 Å². The lowest BCUT2D eigenvalue weighted by Gasteiger charge is -2.20. The molecule has 0 radical (unpaired) electrons. The predicted molar refractivity (Wildman–Crippen MR) is 90.5 cm³/mol. The Morgan fingerprint density at radius 2 is 1.75 bits per heavy atom. The van der Waals surface area contributed by atoms with E-state index in [1.54, 1.807) is 0 Å². The van der Waals surface area contributed by atoms with Crippen molar-refractivity contribution in [2.75, 3.05) is 0 Å². The molecule has 0 bridgehead atoms. The normalized spacial score (nSPS) is 16.4. The fourth-order valence-corrected chi connectivity index (χ4v) is 2.98. The molecule has 1 atom stereocenters. The van der Waals surface area contributed by atoms with E-state index < -0.39 is 5.60 Å². The molecule has 0 fully saturated rings. The molecule has 5 nitrogen and oxygen atoms in total. The van der Waals surface area contributed by atoms with Gasteiger partial charge in [-0.1, -0.05) is 0 Å². The van der Waals surface area contributed by atoms with Gasteiger partial charge in [0.1, 0.15) is 23.2 Å². The first-order chi connectivity index (χ1) is 11.0. The largest absolute Gasteiger partial charge is 0.489 e. The lowest BCUT2D eigenvalue weighted by molar-refractivity contribution is -0.156. The Labute approximate surface area is 143 Å². The molecule has 0 unspecified atom stereocenters. The molecule has 1 aliphatic rings. The molecule has 0 saturated carbocycles. The summed E-state index contributed by atoms with van der Waals surface area (Å²) in [5.74, 6) is 0.784. The first-order valence-electron chi connectivity index (χ1n) is 8.19. The first-order valence-corrected chi connectivity index (χ1v) is 8.19. The molecule has 24 heavy (non-hydrogen) atoms. The molecule has 0 spiro atoms. The van der Waals surface area contributed by atoms with Crippen LogP contribution in [0.5, 0.6) is 11.5 Å². The second kappa shape index (κ2) is 6.46. The Hall–Kier alpha value is -2.04. The number of carbonyl (C=O) groups excluding carboxylic acids is 2. The van der Waals surface area contributed by atoms with Gasteiger partial charge >= 0.3 is 11.9 Å². The Morgan fingerprint density at radius 1 is 1.12 bits per heavy atom. The SMILES string of the molecule is CC(=O)Oc1c(C)c(C)c2c(c1C)C[C@H](CC(=O)OC(C)(C)C)O2. The van der Waals surface area contributed by atoms with Crippen molar-refractivity contribution in [3.63, 3.8) is 0 Å². The van der Waals surface area contributed by atoms with Crippen LogP contribution in [0.2, 0.25) is 0 Å². The van der Waals surface area contributed by atoms with Crippen molar-refractivity contribution in [2.24, 2.45) is 0 Å². The number of fused-ring (bicyclic) bond motifs is 1. The van der Waals surface area contributed by atoms with Gasteiger partial charge in [-0.05, 0) is 58.2 Å². The van der Waals surface area contributed by atoms with Gasteiger partial charge in [0, 0.05) is 18.9 Å². The van der Waals surface area contributed by atoms with Gasteiger partial charge in [0.2, 0.25) is 0 Å². The molecule has 5 heteroatoms. The highest BCUT2D eigenvalue weighted by molar-refractivity contribution is 5.73. The van der Waals surface area contributed by atoms with Crippen LogP contribution < -0.4 is 9.47 Å². The van der Waals surface area contributed by atoms with Gasteiger partial charge in [-0.3, -0.25) is 9.59 Å². The second-order valence-corrected chi connectivity index (χ2v) is 7.34. The summed E-state index contributed by atoms with van der Waals surface area (Å²) in [4.78, 5) is 23.4. The van der Waals surface area contributed by atoms with E-state index in [-0.39, 0.29) is 24.5 Å². The maximum absolute atomic E-state index is 12.0. The van der Waals surface area contributed by atoms with Crippen molar-refractivity contribution >= 4 is 11.9 Å². The van der Waals surface area contributed by atoms with Crippen LogP contribution in [-0.4, -0.2) is 23.6 Å². The topological polar surface area (TPSA) is 61.8 Å². The molecule has 1 aromatic carbocycles. The Morgan fingerprint density at radius 3 is 2.29 bits per heavy atom. The summed E-state index contributed by atoms with van der Waals surface area (Å²) in [5.41, 5.74) is 3.23. The van der Waals surface area contributed by atoms with Crippen LogP contribution in [0.4, 0.5) is 0 Å². The van der Waals surface area contributed by atoms with Crippen molar-refractivity contribution in [3.05, 3.63) is 22.3 Å². The lowest BCUT2D eigenvalue weighted by Crippen LogP contribution is -2.28. The van der Waals surface area contributed by atoms with E-state index in [0.29, 0.717) is 12.2 Å². The second-order valence-electron chi connectivity index (χ2n) is 7.34. The van der Waals surface area contributed by atoms with E-state index in [2.05, 4.69) is 0 Å². The number of rotatable bonds is 3. The monoisotopic (exact) mass is 334 g/mol. The third kappa shape index (κ3) is 3.89. The molecule has 1 heterocycles. The van der Waals surface area contributed by atoms with Gasteiger partial charge in [-0.2, -0.15) is 0 Å². The van der Waals surface area contributed by atoms with E-state index in [1.165, 1.54) is 6.92 Å². The number of hydrogen-bond donors (Lipinski definition) is 0. The van der Waals surface area contributed by atoms with Crippen molar-refractivity contribution in [3.8, 4) is 11.5 Å². The molecule has 132 valence electrons. The van der Waals surface area contributed by atoms with E-state index in [0.717, 1.165) is 28.0 Å². The van der Waals surface area contributed by atoms with Crippen molar-refractivity contribution < 1.29 is 23.8 Å². The summed E-state index contributed by atoms with van der Waals surface area (Å²) in [5, 5.41) is 0. The third-order valence-corrected chi connectivity index (χ3v) is 4.09. The number of esters is 2. The Balaban J connectivity index is 2.23. The van der Waals surface area contributed by atoms with Crippen LogP contribution in [0.15, 0.2) is 0 Å². The summed E-state index contributed by atoms with van der Waals surface area (Å²) in [6, 6.07) is 0. The van der Waals surface area contributed by atoms with Gasteiger partial charge in [0.05, 0.1) is 6.42 Å². The van der Waals surface area contributed by atoms with Gasteiger partial charge in [-0.15, -0.1) is 0 Å². The number of benzene rings is 1. The zero-order chi connectivity index (χ0) is 18.2. The van der Waals surface area contributed by atoms with Crippen LogP contribution in [0.1, 0.15) is 56.4 Å². The highest BCUT2D eigenvalue weighted by atomic mass is 16.6. The molecule has 1 aliphatic heterocycles. The minimum atomic E-state index is -0.506. The fraction of sp³-hybridized carbons (Fsp3) is 0.579. The highest BCUT2D eigenvalue weighted by Gasteiger charge is 2.32. The van der Waals surface area contributed by atoms with Crippen molar-refractivity contribution in [2.45, 2.75) is 73.0 Å². The molecular formula is C19H26O5. The maximum Gasteiger partial charge on any atom is 0.310 e. The van der Waals surface area contributed by atoms with Crippen LogP contribution in [-0.2, 0) is 20.7 Å². The standard InChI is InChI=1S/C19H26O5/c1-10-11(2)18-15(12(3)17(10)22-13(4)20)8-14(23-18)9-16(21)24-19(5,6)7/h14H,8-9H2,1-7H3/t14-/m1/s1. The van der Waals surface area contributed by atoms with Crippen LogP contribution in [0.25, 0.3) is 0 Å². The lowest BCUT2D eigenvalue weighted by atomic mass is 9.95. The van der Waals surface area contributed by atoms with E-state index in [4.69, 9.17) is 14.2 Å². The van der Waals surface area contributed by atoms with E-state index in [1.807, 2.05) is 41.5 Å². The predicted octanol–water partition coefficient (Wildman–Crippen LogP) is 3.57. The zero-order valence-electron chi connectivity index (χ0n) is 15.5. The highest BCUT2D eigenvalue weighted by Crippen LogP contribution is 2.43. The summed E-state index contributed by atoms with van der Waals surface area (Å²) < 4.78 is 16.8. The minimum absolute atomic E-state index is 0.201. The summed E-state index contributed by atoms with van der Waals surface area (Å²) in [6.07, 6.45) is 0.557. The average molecular weight is 334 g/mol. The molecular weight excluding hydrogens is 308 g/mol. The van der Waals surface area contributed by atoms with Gasteiger partial charge in [0.15, 0.2) is 0 Å². The maximum atomic E-state index is 12.0. The van der Waals surface area contributed by atoms with Gasteiger partial charge in [-0.25, -0.2) is 0 Å². The molecule has 2 rings (SSSR count). The zero-order valence-corrected chi connectivity index (χ0v) is 15.5. The molecule has 0 N–H and O–H groups in total. The smallest absolute Gasteiger partial charge is 0.310 e. The van der Waals surface area contributed by atoms with Gasteiger partial charge < -0.3 is 14.2 Å². The molecule has 0 aliphatic carbocycles. The van der Waals surface area contributed by atoms with Crippen molar-refractivity contribution in [1.29, 1.82) is 0 Å². The number of hydrogen-bond acceptors (Lipinski definition) is 5. The van der Waals surface area contributed by atoms with E-state index >= 15 is 0 Å². The first kappa shape index (κ1) is 18.3. The Kier molecular flexibility index (Phi) is 4.92. The molecule has 0 aromatic heterocycles. The Bertz CT molecular complexity index is 682. The summed E-state index contributed by atoms with van der Waals surface area (Å²) in [7, 11) is 0. The minimum Gasteiger partial charge on any atom is -0.489 e.